The monoisotopic (exact) mass is 329 g/mol. The summed E-state index contributed by atoms with van der Waals surface area (Å²) in [7, 11) is 0. The molecule has 24 heavy (non-hydrogen) atoms. The summed E-state index contributed by atoms with van der Waals surface area (Å²) < 4.78 is 0. The number of nitrogens with zero attached hydrogens (tertiary/aromatic N) is 2. The van der Waals surface area contributed by atoms with E-state index in [2.05, 4.69) is 42.3 Å². The fraction of sp³-hybridized carbons (Fsp3) is 0.650. The van der Waals surface area contributed by atoms with Crippen LogP contribution in [0.3, 0.4) is 0 Å². The average molecular weight is 329 g/mol. The molecule has 0 unspecified atom stereocenters. The van der Waals surface area contributed by atoms with Gasteiger partial charge in [0.05, 0.1) is 0 Å². The lowest BCUT2D eigenvalue weighted by molar-refractivity contribution is 0.131. The first-order chi connectivity index (χ1) is 11.6. The number of aryl methyl sites for hydroxylation is 2. The molecule has 0 spiro atoms. The van der Waals surface area contributed by atoms with Crippen molar-refractivity contribution >= 4 is 6.03 Å². The topological polar surface area (TPSA) is 35.6 Å². The second-order valence-electron chi connectivity index (χ2n) is 7.48. The number of carbonyl (C=O) groups excluding carboxylic acids is 1. The summed E-state index contributed by atoms with van der Waals surface area (Å²) in [5.41, 5.74) is 4.09. The van der Waals surface area contributed by atoms with Gasteiger partial charge in [-0.1, -0.05) is 43.0 Å². The van der Waals surface area contributed by atoms with Gasteiger partial charge in [-0.3, -0.25) is 4.90 Å². The predicted octanol–water partition coefficient (Wildman–Crippen LogP) is 3.46. The second-order valence-corrected chi connectivity index (χ2v) is 7.48. The van der Waals surface area contributed by atoms with Gasteiger partial charge < -0.3 is 10.2 Å². The maximum atomic E-state index is 12.4. The Balaban J connectivity index is 1.46. The summed E-state index contributed by atoms with van der Waals surface area (Å²) in [6.45, 7) is 8.93. The van der Waals surface area contributed by atoms with E-state index in [1.807, 2.05) is 4.90 Å². The van der Waals surface area contributed by atoms with Crippen LogP contribution < -0.4 is 5.32 Å². The Morgan fingerprint density at radius 3 is 2.50 bits per heavy atom. The van der Waals surface area contributed by atoms with Gasteiger partial charge in [0.2, 0.25) is 0 Å². The van der Waals surface area contributed by atoms with Crippen LogP contribution in [0.4, 0.5) is 4.79 Å². The van der Waals surface area contributed by atoms with Crippen LogP contribution in [0.25, 0.3) is 0 Å². The maximum Gasteiger partial charge on any atom is 0.317 e. The molecule has 0 atom stereocenters. The first-order valence-corrected chi connectivity index (χ1v) is 9.46. The molecule has 3 rings (SSSR count). The highest BCUT2D eigenvalue weighted by atomic mass is 16.2. The third kappa shape index (κ3) is 4.50. The van der Waals surface area contributed by atoms with Crippen LogP contribution in [0.15, 0.2) is 18.2 Å². The van der Waals surface area contributed by atoms with Gasteiger partial charge in [0.25, 0.3) is 0 Å². The van der Waals surface area contributed by atoms with E-state index in [-0.39, 0.29) is 6.03 Å². The largest absolute Gasteiger partial charge is 0.335 e. The first kappa shape index (κ1) is 17.3. The zero-order valence-corrected chi connectivity index (χ0v) is 15.2. The molecule has 0 aromatic heterocycles. The quantitative estimate of drug-likeness (QED) is 0.922. The number of piperazine rings is 1. The minimum atomic E-state index is 0.147. The highest BCUT2D eigenvalue weighted by Gasteiger charge is 2.24. The van der Waals surface area contributed by atoms with Crippen molar-refractivity contribution in [2.45, 2.75) is 58.5 Å². The van der Waals surface area contributed by atoms with Gasteiger partial charge in [-0.15, -0.1) is 0 Å². The van der Waals surface area contributed by atoms with Gasteiger partial charge in [0, 0.05) is 38.8 Å². The molecule has 0 radical (unpaired) electrons. The zero-order valence-electron chi connectivity index (χ0n) is 15.2. The number of hydrogen-bond acceptors (Lipinski definition) is 2. The standard InChI is InChI=1S/C20H31N3O/c1-16-8-9-17(2)18(14-16)15-22-10-12-23(13-11-22)20(24)21-19-6-4-3-5-7-19/h8-9,14,19H,3-7,10-13,15H2,1-2H3,(H,21,24). The summed E-state index contributed by atoms with van der Waals surface area (Å²) in [6.07, 6.45) is 6.14. The first-order valence-electron chi connectivity index (χ1n) is 9.46. The van der Waals surface area contributed by atoms with Gasteiger partial charge in [-0.2, -0.15) is 0 Å². The van der Waals surface area contributed by atoms with Crippen molar-refractivity contribution in [2.75, 3.05) is 26.2 Å². The summed E-state index contributed by atoms with van der Waals surface area (Å²) in [4.78, 5) is 16.9. The maximum absolute atomic E-state index is 12.4. The van der Waals surface area contributed by atoms with E-state index in [0.717, 1.165) is 45.6 Å². The number of hydrogen-bond donors (Lipinski definition) is 1. The van der Waals surface area contributed by atoms with Crippen LogP contribution in [-0.4, -0.2) is 48.1 Å². The average Bonchev–Trinajstić information content (AvgIpc) is 2.60. The van der Waals surface area contributed by atoms with Gasteiger partial charge in [-0.25, -0.2) is 4.79 Å². The Hall–Kier alpha value is -1.55. The normalized spacial score (nSPS) is 20.2. The molecule has 1 aliphatic carbocycles. The van der Waals surface area contributed by atoms with Gasteiger partial charge in [-0.05, 0) is 37.8 Å². The minimum Gasteiger partial charge on any atom is -0.335 e. The summed E-state index contributed by atoms with van der Waals surface area (Å²) >= 11 is 0. The lowest BCUT2D eigenvalue weighted by Gasteiger charge is -2.36. The molecular formula is C20H31N3O. The number of urea groups is 1. The third-order valence-electron chi connectivity index (χ3n) is 5.49. The lowest BCUT2D eigenvalue weighted by Crippen LogP contribution is -2.53. The van der Waals surface area contributed by atoms with E-state index in [0.29, 0.717) is 6.04 Å². The molecule has 4 heteroatoms. The van der Waals surface area contributed by atoms with Crippen molar-refractivity contribution in [1.82, 2.24) is 15.1 Å². The smallest absolute Gasteiger partial charge is 0.317 e. The van der Waals surface area contributed by atoms with E-state index in [9.17, 15) is 4.79 Å². The Morgan fingerprint density at radius 2 is 1.79 bits per heavy atom. The minimum absolute atomic E-state index is 0.147. The Morgan fingerprint density at radius 1 is 1.08 bits per heavy atom. The zero-order chi connectivity index (χ0) is 16.9. The second kappa shape index (κ2) is 8.02. The molecule has 1 aromatic carbocycles. The molecule has 1 N–H and O–H groups in total. The van der Waals surface area contributed by atoms with Gasteiger partial charge in [0.1, 0.15) is 0 Å². The van der Waals surface area contributed by atoms with Crippen molar-refractivity contribution in [3.8, 4) is 0 Å². The molecule has 1 saturated heterocycles. The Labute approximate surface area is 146 Å². The molecule has 2 amide bonds. The summed E-state index contributed by atoms with van der Waals surface area (Å²) in [6, 6.07) is 7.22. The molecule has 1 aromatic rings. The third-order valence-corrected chi connectivity index (χ3v) is 5.49. The number of nitrogens with one attached hydrogen (secondary N) is 1. The highest BCUT2D eigenvalue weighted by molar-refractivity contribution is 5.74. The van der Waals surface area contributed by atoms with Crippen LogP contribution in [-0.2, 0) is 6.54 Å². The number of carbonyl (C=O) groups is 1. The van der Waals surface area contributed by atoms with Crippen molar-refractivity contribution < 1.29 is 4.79 Å². The van der Waals surface area contributed by atoms with Crippen LogP contribution in [0.1, 0.15) is 48.8 Å². The lowest BCUT2D eigenvalue weighted by atomic mass is 9.96. The number of benzene rings is 1. The van der Waals surface area contributed by atoms with Crippen molar-refractivity contribution in [2.24, 2.45) is 0 Å². The highest BCUT2D eigenvalue weighted by Crippen LogP contribution is 2.18. The predicted molar refractivity (Wildman–Crippen MR) is 98.2 cm³/mol. The van der Waals surface area contributed by atoms with E-state index < -0.39 is 0 Å². The van der Waals surface area contributed by atoms with Gasteiger partial charge in [0.15, 0.2) is 0 Å². The molecule has 4 nitrogen and oxygen atoms in total. The summed E-state index contributed by atoms with van der Waals surface area (Å²) in [5, 5.41) is 3.24. The van der Waals surface area contributed by atoms with E-state index >= 15 is 0 Å². The van der Waals surface area contributed by atoms with Crippen LogP contribution >= 0.6 is 0 Å². The molecule has 1 aliphatic heterocycles. The summed E-state index contributed by atoms with van der Waals surface area (Å²) in [5.74, 6) is 0. The Bertz CT molecular complexity index is 558. The van der Waals surface area contributed by atoms with E-state index in [1.165, 1.54) is 36.0 Å². The number of rotatable bonds is 3. The van der Waals surface area contributed by atoms with Gasteiger partial charge >= 0.3 is 6.03 Å². The SMILES string of the molecule is Cc1ccc(C)c(CN2CCN(C(=O)NC3CCCCC3)CC2)c1. The molecule has 2 fully saturated rings. The molecule has 1 heterocycles. The van der Waals surface area contributed by atoms with Crippen molar-refractivity contribution in [1.29, 1.82) is 0 Å². The van der Waals surface area contributed by atoms with E-state index in [1.54, 1.807) is 0 Å². The van der Waals surface area contributed by atoms with Crippen LogP contribution in [0.2, 0.25) is 0 Å². The molecule has 2 aliphatic rings. The fourth-order valence-electron chi connectivity index (χ4n) is 3.83. The molecular weight excluding hydrogens is 298 g/mol. The fourth-order valence-corrected chi connectivity index (χ4v) is 3.83. The molecule has 1 saturated carbocycles. The van der Waals surface area contributed by atoms with Crippen molar-refractivity contribution in [3.63, 3.8) is 0 Å². The van der Waals surface area contributed by atoms with Crippen LogP contribution in [0, 0.1) is 13.8 Å². The van der Waals surface area contributed by atoms with Crippen molar-refractivity contribution in [3.05, 3.63) is 34.9 Å². The number of amides is 2. The molecule has 0 bridgehead atoms. The van der Waals surface area contributed by atoms with Crippen LogP contribution in [0.5, 0.6) is 0 Å². The Kier molecular flexibility index (Phi) is 5.77. The molecule has 132 valence electrons. The van der Waals surface area contributed by atoms with E-state index in [4.69, 9.17) is 0 Å².